The van der Waals surface area contributed by atoms with Crippen LogP contribution in [0, 0.1) is 5.41 Å². The van der Waals surface area contributed by atoms with E-state index in [0.29, 0.717) is 5.41 Å². The lowest BCUT2D eigenvalue weighted by Crippen LogP contribution is -2.29. The normalized spacial score (nSPS) is 22.9. The lowest BCUT2D eigenvalue weighted by Gasteiger charge is -2.42. The second-order valence-corrected chi connectivity index (χ2v) is 5.00. The Kier molecular flexibility index (Phi) is 2.90. The summed E-state index contributed by atoms with van der Waals surface area (Å²) in [7, 11) is 6.42. The van der Waals surface area contributed by atoms with E-state index in [9.17, 15) is 0 Å². The first-order valence-electron chi connectivity index (χ1n) is 5.31. The largest absolute Gasteiger partial charge is 0.0753 e. The highest BCUT2D eigenvalue weighted by Crippen LogP contribution is 2.56. The molecule has 0 spiro atoms. The van der Waals surface area contributed by atoms with Crippen molar-refractivity contribution >= 4 is 7.85 Å². The van der Waals surface area contributed by atoms with Crippen LogP contribution in [0.25, 0.3) is 0 Å². The maximum absolute atomic E-state index is 6.42. The van der Waals surface area contributed by atoms with Gasteiger partial charge >= 0.3 is 0 Å². The maximum atomic E-state index is 6.42. The average Bonchev–Trinajstić information content (AvgIpc) is 2.37. The van der Waals surface area contributed by atoms with Gasteiger partial charge in [-0.25, -0.2) is 0 Å². The molecule has 1 rings (SSSR count). The summed E-state index contributed by atoms with van der Waals surface area (Å²) in [6.07, 6.45) is 7.67. The summed E-state index contributed by atoms with van der Waals surface area (Å²) in [5.74, 6) is 0. The van der Waals surface area contributed by atoms with E-state index in [1.54, 1.807) is 0 Å². The van der Waals surface area contributed by atoms with Crippen LogP contribution in [0.5, 0.6) is 0 Å². The Labute approximate surface area is 78.5 Å². The lowest BCUT2D eigenvalue weighted by molar-refractivity contribution is 0.215. The van der Waals surface area contributed by atoms with Crippen molar-refractivity contribution in [1.29, 1.82) is 0 Å². The SMILES string of the molecule is [B]C1(C(C)(C)CCC)CCCC1. The smallest absolute Gasteiger partial charge is 0.0654 e. The van der Waals surface area contributed by atoms with E-state index in [4.69, 9.17) is 7.85 Å². The van der Waals surface area contributed by atoms with Crippen LogP contribution in [0.15, 0.2) is 0 Å². The van der Waals surface area contributed by atoms with Gasteiger partial charge in [0.15, 0.2) is 0 Å². The van der Waals surface area contributed by atoms with Gasteiger partial charge in [0.25, 0.3) is 0 Å². The van der Waals surface area contributed by atoms with Crippen LogP contribution in [-0.4, -0.2) is 7.85 Å². The molecule has 1 fully saturated rings. The second kappa shape index (κ2) is 3.43. The molecular weight excluding hydrogens is 143 g/mol. The summed E-state index contributed by atoms with van der Waals surface area (Å²) >= 11 is 0. The highest BCUT2D eigenvalue weighted by Gasteiger charge is 2.41. The predicted molar refractivity (Wildman–Crippen MR) is 55.6 cm³/mol. The van der Waals surface area contributed by atoms with Crippen molar-refractivity contribution in [2.24, 2.45) is 5.41 Å². The van der Waals surface area contributed by atoms with Crippen molar-refractivity contribution < 1.29 is 0 Å². The van der Waals surface area contributed by atoms with Crippen molar-refractivity contribution in [3.05, 3.63) is 0 Å². The third kappa shape index (κ3) is 1.70. The Bertz CT molecular complexity index is 143. The summed E-state index contributed by atoms with van der Waals surface area (Å²) in [4.78, 5) is 0. The number of hydrogen-bond donors (Lipinski definition) is 0. The topological polar surface area (TPSA) is 0 Å². The van der Waals surface area contributed by atoms with E-state index in [0.717, 1.165) is 0 Å². The van der Waals surface area contributed by atoms with Crippen LogP contribution < -0.4 is 0 Å². The molecule has 0 amide bonds. The molecule has 1 heteroatoms. The van der Waals surface area contributed by atoms with Gasteiger partial charge in [0, 0.05) is 0 Å². The van der Waals surface area contributed by atoms with Gasteiger partial charge < -0.3 is 0 Å². The molecule has 0 N–H and O–H groups in total. The molecule has 1 aliphatic carbocycles. The predicted octanol–water partition coefficient (Wildman–Crippen LogP) is 3.71. The Morgan fingerprint density at radius 1 is 1.25 bits per heavy atom. The quantitative estimate of drug-likeness (QED) is 0.557. The first-order valence-corrected chi connectivity index (χ1v) is 5.31. The molecule has 0 aliphatic heterocycles. The van der Waals surface area contributed by atoms with Gasteiger partial charge in [-0.3, -0.25) is 0 Å². The van der Waals surface area contributed by atoms with Crippen molar-refractivity contribution in [3.63, 3.8) is 0 Å². The first-order chi connectivity index (χ1) is 5.52. The molecule has 0 bridgehead atoms. The fourth-order valence-electron chi connectivity index (χ4n) is 2.56. The maximum Gasteiger partial charge on any atom is 0.0753 e. The van der Waals surface area contributed by atoms with Crippen LogP contribution in [0.4, 0.5) is 0 Å². The van der Waals surface area contributed by atoms with Gasteiger partial charge in [-0.15, -0.1) is 0 Å². The first kappa shape index (κ1) is 10.1. The molecule has 0 unspecified atom stereocenters. The summed E-state index contributed by atoms with van der Waals surface area (Å²) in [6, 6.07) is 0. The molecule has 1 saturated carbocycles. The van der Waals surface area contributed by atoms with Crippen molar-refractivity contribution in [2.75, 3.05) is 0 Å². The Balaban J connectivity index is 2.64. The zero-order valence-electron chi connectivity index (χ0n) is 8.82. The van der Waals surface area contributed by atoms with Gasteiger partial charge in [0.1, 0.15) is 0 Å². The molecule has 0 aromatic carbocycles. The van der Waals surface area contributed by atoms with E-state index in [-0.39, 0.29) is 5.31 Å². The van der Waals surface area contributed by atoms with Crippen molar-refractivity contribution in [1.82, 2.24) is 0 Å². The Morgan fingerprint density at radius 2 is 1.75 bits per heavy atom. The van der Waals surface area contributed by atoms with Crippen LogP contribution in [-0.2, 0) is 0 Å². The second-order valence-electron chi connectivity index (χ2n) is 5.00. The highest BCUT2D eigenvalue weighted by molar-refractivity contribution is 6.16. The minimum atomic E-state index is 0.142. The lowest BCUT2D eigenvalue weighted by atomic mass is 9.51. The van der Waals surface area contributed by atoms with Crippen LogP contribution in [0.1, 0.15) is 59.3 Å². The minimum Gasteiger partial charge on any atom is -0.0654 e. The number of rotatable bonds is 3. The zero-order chi connectivity index (χ0) is 9.24. The van der Waals surface area contributed by atoms with E-state index in [2.05, 4.69) is 20.8 Å². The van der Waals surface area contributed by atoms with Gasteiger partial charge in [-0.05, 0) is 11.8 Å². The molecule has 12 heavy (non-hydrogen) atoms. The molecule has 68 valence electrons. The zero-order valence-corrected chi connectivity index (χ0v) is 8.82. The molecular formula is C11H21B. The van der Waals surface area contributed by atoms with Crippen LogP contribution in [0.3, 0.4) is 0 Å². The van der Waals surface area contributed by atoms with E-state index >= 15 is 0 Å². The van der Waals surface area contributed by atoms with Gasteiger partial charge in [0.05, 0.1) is 7.85 Å². The molecule has 0 atom stereocenters. The third-order valence-corrected chi connectivity index (χ3v) is 3.72. The average molecular weight is 164 g/mol. The monoisotopic (exact) mass is 164 g/mol. The van der Waals surface area contributed by atoms with Crippen LogP contribution in [0.2, 0.25) is 5.31 Å². The molecule has 1 aliphatic rings. The Hall–Kier alpha value is 0.0649. The van der Waals surface area contributed by atoms with Gasteiger partial charge in [0.2, 0.25) is 0 Å². The van der Waals surface area contributed by atoms with E-state index in [1.165, 1.54) is 38.5 Å². The van der Waals surface area contributed by atoms with Gasteiger partial charge in [-0.2, -0.15) is 0 Å². The van der Waals surface area contributed by atoms with Crippen LogP contribution >= 0.6 is 0 Å². The summed E-state index contributed by atoms with van der Waals surface area (Å²) in [6.45, 7) is 6.92. The van der Waals surface area contributed by atoms with Crippen molar-refractivity contribution in [3.8, 4) is 0 Å². The molecule has 0 aromatic rings. The summed E-state index contributed by atoms with van der Waals surface area (Å²) in [5, 5.41) is 0.142. The van der Waals surface area contributed by atoms with Gasteiger partial charge in [-0.1, -0.05) is 58.2 Å². The highest BCUT2D eigenvalue weighted by atomic mass is 14.4. The summed E-state index contributed by atoms with van der Waals surface area (Å²) in [5.41, 5.74) is 0.345. The molecule has 0 nitrogen and oxygen atoms in total. The third-order valence-electron chi connectivity index (χ3n) is 3.72. The van der Waals surface area contributed by atoms with Crippen molar-refractivity contribution in [2.45, 2.75) is 64.6 Å². The summed E-state index contributed by atoms with van der Waals surface area (Å²) < 4.78 is 0. The van der Waals surface area contributed by atoms with E-state index < -0.39 is 0 Å². The standard InChI is InChI=1S/C11H21B/c1-4-7-10(2,3)11(12)8-5-6-9-11/h4-9H2,1-3H3. The molecule has 0 saturated heterocycles. The van der Waals surface area contributed by atoms with E-state index in [1.807, 2.05) is 0 Å². The number of hydrogen-bond acceptors (Lipinski definition) is 0. The molecule has 0 heterocycles. The molecule has 0 aromatic heterocycles. The molecule has 2 radical (unpaired) electrons. The fraction of sp³-hybridized carbons (Fsp3) is 1.00. The Morgan fingerprint density at radius 3 is 2.17 bits per heavy atom. The minimum absolute atomic E-state index is 0.142. The fourth-order valence-corrected chi connectivity index (χ4v) is 2.56.